The van der Waals surface area contributed by atoms with Gasteiger partial charge in [-0.25, -0.2) is 4.98 Å². The molecule has 0 atom stereocenters. The van der Waals surface area contributed by atoms with E-state index in [9.17, 15) is 14.9 Å². The molecule has 0 N–H and O–H groups in total. The molecule has 6 nitrogen and oxygen atoms in total. The number of pyridine rings is 1. The number of carbonyl (C=O) groups excluding carboxylic acids is 1. The van der Waals surface area contributed by atoms with Crippen molar-refractivity contribution in [2.45, 2.75) is 0 Å². The van der Waals surface area contributed by atoms with Crippen LogP contribution in [0.15, 0.2) is 12.3 Å². The van der Waals surface area contributed by atoms with Gasteiger partial charge in [-0.05, 0) is 0 Å². The van der Waals surface area contributed by atoms with Crippen molar-refractivity contribution in [3.8, 4) is 6.07 Å². The molecule has 0 aromatic carbocycles. The van der Waals surface area contributed by atoms with Crippen LogP contribution in [0.2, 0.25) is 0 Å². The van der Waals surface area contributed by atoms with E-state index in [2.05, 4.69) is 4.98 Å². The minimum atomic E-state index is -0.679. The Morgan fingerprint density at radius 1 is 1.69 bits per heavy atom. The quantitative estimate of drug-likeness (QED) is 0.375. The highest BCUT2D eigenvalue weighted by Gasteiger charge is 2.10. The molecule has 6 heteroatoms. The van der Waals surface area contributed by atoms with Crippen LogP contribution in [0.4, 0.5) is 5.69 Å². The van der Waals surface area contributed by atoms with Gasteiger partial charge in [-0.15, -0.1) is 0 Å². The number of carbonyl (C=O) groups is 1. The Bertz CT molecular complexity index is 408. The fourth-order valence-electron chi connectivity index (χ4n) is 0.753. The molecule has 1 aromatic rings. The van der Waals surface area contributed by atoms with Crippen molar-refractivity contribution in [3.05, 3.63) is 33.6 Å². The lowest BCUT2D eigenvalue weighted by Gasteiger charge is -1.93. The van der Waals surface area contributed by atoms with E-state index in [0.29, 0.717) is 6.29 Å². The van der Waals surface area contributed by atoms with Crippen LogP contribution in [-0.4, -0.2) is 16.2 Å². The Hall–Kier alpha value is -2.29. The third-order valence-electron chi connectivity index (χ3n) is 1.35. The molecule has 1 rings (SSSR count). The van der Waals surface area contributed by atoms with Crippen LogP contribution in [0, 0.1) is 21.4 Å². The molecule has 0 spiro atoms. The van der Waals surface area contributed by atoms with Crippen LogP contribution in [0.3, 0.4) is 0 Å². The van der Waals surface area contributed by atoms with Gasteiger partial charge in [-0.3, -0.25) is 14.9 Å². The maximum atomic E-state index is 10.3. The largest absolute Gasteiger partial charge is 0.298 e. The van der Waals surface area contributed by atoms with Gasteiger partial charge in [0.15, 0.2) is 12.0 Å². The van der Waals surface area contributed by atoms with Crippen molar-refractivity contribution in [2.24, 2.45) is 0 Å². The summed E-state index contributed by atoms with van der Waals surface area (Å²) in [7, 11) is 0. The molecule has 0 bridgehead atoms. The van der Waals surface area contributed by atoms with Crippen LogP contribution in [0.25, 0.3) is 0 Å². The average Bonchev–Trinajstić information content (AvgIpc) is 2.16. The zero-order valence-corrected chi connectivity index (χ0v) is 6.30. The molecule has 0 unspecified atom stereocenters. The Kier molecular flexibility index (Phi) is 2.31. The van der Waals surface area contributed by atoms with Crippen molar-refractivity contribution in [2.75, 3.05) is 0 Å². The summed E-state index contributed by atoms with van der Waals surface area (Å²) in [6.07, 6.45) is 1.30. The standard InChI is InChI=1S/C7H3N3O3/c8-2-7-5(4-11)1-6(3-9-7)10(12)13/h1,3-4H. The van der Waals surface area contributed by atoms with Gasteiger partial charge in [0, 0.05) is 6.07 Å². The van der Waals surface area contributed by atoms with Crippen molar-refractivity contribution >= 4 is 12.0 Å². The van der Waals surface area contributed by atoms with Gasteiger partial charge in [-0.1, -0.05) is 0 Å². The zero-order valence-electron chi connectivity index (χ0n) is 6.30. The molecule has 13 heavy (non-hydrogen) atoms. The lowest BCUT2D eigenvalue weighted by atomic mass is 10.2. The third-order valence-corrected chi connectivity index (χ3v) is 1.35. The fraction of sp³-hybridized carbons (Fsp3) is 0. The number of nitro groups is 1. The summed E-state index contributed by atoms with van der Waals surface area (Å²) < 4.78 is 0. The second-order valence-electron chi connectivity index (χ2n) is 2.12. The highest BCUT2D eigenvalue weighted by molar-refractivity contribution is 5.79. The second-order valence-corrected chi connectivity index (χ2v) is 2.12. The smallest absolute Gasteiger partial charge is 0.288 e. The van der Waals surface area contributed by atoms with Crippen molar-refractivity contribution in [1.82, 2.24) is 4.98 Å². The van der Waals surface area contributed by atoms with Gasteiger partial charge in [0.05, 0.1) is 10.5 Å². The summed E-state index contributed by atoms with van der Waals surface area (Å²) >= 11 is 0. The van der Waals surface area contributed by atoms with Gasteiger partial charge in [0.2, 0.25) is 0 Å². The van der Waals surface area contributed by atoms with E-state index in [4.69, 9.17) is 5.26 Å². The van der Waals surface area contributed by atoms with Crippen LogP contribution >= 0.6 is 0 Å². The molecule has 0 radical (unpaired) electrons. The maximum Gasteiger partial charge on any atom is 0.288 e. The van der Waals surface area contributed by atoms with Gasteiger partial charge >= 0.3 is 0 Å². The molecule has 0 amide bonds. The van der Waals surface area contributed by atoms with E-state index >= 15 is 0 Å². The van der Waals surface area contributed by atoms with Gasteiger partial charge in [0.25, 0.3) is 5.69 Å². The number of aromatic nitrogens is 1. The highest BCUT2D eigenvalue weighted by atomic mass is 16.6. The molecule has 1 aromatic heterocycles. The minimum Gasteiger partial charge on any atom is -0.298 e. The van der Waals surface area contributed by atoms with Crippen molar-refractivity contribution in [3.63, 3.8) is 0 Å². The predicted molar refractivity (Wildman–Crippen MR) is 41.0 cm³/mol. The lowest BCUT2D eigenvalue weighted by molar-refractivity contribution is -0.385. The summed E-state index contributed by atoms with van der Waals surface area (Å²) in [5.74, 6) is 0. The van der Waals surface area contributed by atoms with E-state index < -0.39 is 4.92 Å². The third kappa shape index (κ3) is 1.65. The molecule has 1 heterocycles. The number of hydrogen-bond donors (Lipinski definition) is 0. The molecule has 0 aliphatic heterocycles. The molecule has 0 fully saturated rings. The zero-order chi connectivity index (χ0) is 9.84. The number of nitrogens with zero attached hydrogens (tertiary/aromatic N) is 3. The summed E-state index contributed by atoms with van der Waals surface area (Å²) in [5.41, 5.74) is -0.488. The Balaban J connectivity index is 3.30. The summed E-state index contributed by atoms with van der Waals surface area (Å²) in [5, 5.41) is 18.7. The first-order chi connectivity index (χ1) is 6.19. The fourth-order valence-corrected chi connectivity index (χ4v) is 0.753. The Morgan fingerprint density at radius 2 is 2.38 bits per heavy atom. The summed E-state index contributed by atoms with van der Waals surface area (Å²) in [6, 6.07) is 2.66. The first-order valence-corrected chi connectivity index (χ1v) is 3.18. The Morgan fingerprint density at radius 3 is 2.85 bits per heavy atom. The molecular formula is C7H3N3O3. The first kappa shape index (κ1) is 8.80. The molecular weight excluding hydrogens is 174 g/mol. The molecule has 0 saturated heterocycles. The van der Waals surface area contributed by atoms with Crippen molar-refractivity contribution in [1.29, 1.82) is 5.26 Å². The van der Waals surface area contributed by atoms with E-state index in [-0.39, 0.29) is 16.9 Å². The van der Waals surface area contributed by atoms with Crippen LogP contribution in [0.5, 0.6) is 0 Å². The lowest BCUT2D eigenvalue weighted by Crippen LogP contribution is -1.95. The van der Waals surface area contributed by atoms with Crippen LogP contribution in [-0.2, 0) is 0 Å². The molecule has 0 saturated carbocycles. The normalized spacial score (nSPS) is 8.85. The SMILES string of the molecule is N#Cc1ncc([N+](=O)[O-])cc1C=O. The van der Waals surface area contributed by atoms with Crippen LogP contribution < -0.4 is 0 Å². The van der Waals surface area contributed by atoms with E-state index in [1.54, 1.807) is 6.07 Å². The van der Waals surface area contributed by atoms with Crippen LogP contribution in [0.1, 0.15) is 16.1 Å². The van der Waals surface area contributed by atoms with Gasteiger partial charge < -0.3 is 0 Å². The maximum absolute atomic E-state index is 10.3. The predicted octanol–water partition coefficient (Wildman–Crippen LogP) is 0.674. The number of aldehydes is 1. The van der Waals surface area contributed by atoms with E-state index in [1.807, 2.05) is 0 Å². The monoisotopic (exact) mass is 177 g/mol. The Labute approximate surface area is 72.6 Å². The molecule has 64 valence electrons. The number of rotatable bonds is 2. The van der Waals surface area contributed by atoms with Gasteiger partial charge in [-0.2, -0.15) is 5.26 Å². The molecule has 0 aliphatic carbocycles. The van der Waals surface area contributed by atoms with Gasteiger partial charge in [0.1, 0.15) is 12.3 Å². The summed E-state index contributed by atoms with van der Waals surface area (Å²) in [6.45, 7) is 0. The average molecular weight is 177 g/mol. The van der Waals surface area contributed by atoms with E-state index in [1.165, 1.54) is 0 Å². The highest BCUT2D eigenvalue weighted by Crippen LogP contribution is 2.12. The van der Waals surface area contributed by atoms with E-state index in [0.717, 1.165) is 12.3 Å². The second kappa shape index (κ2) is 3.40. The first-order valence-electron chi connectivity index (χ1n) is 3.18. The summed E-state index contributed by atoms with van der Waals surface area (Å²) in [4.78, 5) is 23.4. The number of nitriles is 1. The topological polar surface area (TPSA) is 96.9 Å². The van der Waals surface area contributed by atoms with Crippen molar-refractivity contribution < 1.29 is 9.72 Å². The number of hydrogen-bond acceptors (Lipinski definition) is 5. The molecule has 0 aliphatic rings. The minimum absolute atomic E-state index is 0.0725.